The molecule has 0 spiro atoms. The van der Waals surface area contributed by atoms with Crippen molar-refractivity contribution in [2.45, 2.75) is 77.6 Å². The van der Waals surface area contributed by atoms with Crippen LogP contribution in [-0.2, 0) is 14.3 Å². The first-order chi connectivity index (χ1) is 12.7. The summed E-state index contributed by atoms with van der Waals surface area (Å²) in [7, 11) is 1.44. The minimum Gasteiger partial charge on any atom is -0.504 e. The Bertz CT molecular complexity index is 666. The van der Waals surface area contributed by atoms with E-state index in [1.54, 1.807) is 13.8 Å². The minimum absolute atomic E-state index is 0.136. The minimum atomic E-state index is -1.99. The van der Waals surface area contributed by atoms with Gasteiger partial charge < -0.3 is 20.1 Å². The Kier molecular flexibility index (Phi) is 5.94. The van der Waals surface area contributed by atoms with E-state index in [1.807, 2.05) is 20.8 Å². The third-order valence-electron chi connectivity index (χ3n) is 7.35. The smallest absolute Gasteiger partial charge is 0.196 e. The molecule has 28 heavy (non-hydrogen) atoms. The standard InChI is InChI=1S/C22H36O6/c1-8-13(2)16-20(5,15(23)9-10-28-7)17-14(3)11-19(4,25)12-22(17,27)18(24)21(16,6)26/h9-10,13-14,16-17,25-27H,8,11-12H2,1-7H3/b10-9+/t13?,14-,16-,17-,19-,20+,21+,22-/m1/s1. The Hall–Kier alpha value is -1.24. The van der Waals surface area contributed by atoms with E-state index >= 15 is 0 Å². The molecular weight excluding hydrogens is 360 g/mol. The molecule has 0 aromatic carbocycles. The second-order valence-corrected chi connectivity index (χ2v) is 9.78. The fourth-order valence-electron chi connectivity index (χ4n) is 6.71. The maximum absolute atomic E-state index is 13.4. The first-order valence-corrected chi connectivity index (χ1v) is 10.2. The molecule has 0 saturated heterocycles. The number of carbonyl (C=O) groups is 2. The number of fused-ring (bicyclic) bond motifs is 1. The van der Waals surface area contributed by atoms with Crippen LogP contribution in [0.5, 0.6) is 0 Å². The predicted octanol–water partition coefficient (Wildman–Crippen LogP) is 2.25. The van der Waals surface area contributed by atoms with Crippen molar-refractivity contribution in [1.29, 1.82) is 0 Å². The van der Waals surface area contributed by atoms with Crippen LogP contribution in [0.4, 0.5) is 0 Å². The molecule has 0 amide bonds. The monoisotopic (exact) mass is 396 g/mol. The Morgan fingerprint density at radius 1 is 1.29 bits per heavy atom. The van der Waals surface area contributed by atoms with Crippen LogP contribution in [0.2, 0.25) is 0 Å². The van der Waals surface area contributed by atoms with Crippen molar-refractivity contribution in [2.75, 3.05) is 7.11 Å². The third-order valence-corrected chi connectivity index (χ3v) is 7.35. The summed E-state index contributed by atoms with van der Waals surface area (Å²) in [5, 5.41) is 33.7. The molecule has 0 bridgehead atoms. The highest BCUT2D eigenvalue weighted by Gasteiger charge is 2.73. The van der Waals surface area contributed by atoms with Crippen molar-refractivity contribution in [3.63, 3.8) is 0 Å². The zero-order chi connectivity index (χ0) is 21.7. The van der Waals surface area contributed by atoms with E-state index in [0.29, 0.717) is 12.8 Å². The number of aliphatic hydroxyl groups is 3. The summed E-state index contributed by atoms with van der Waals surface area (Å²) in [6.07, 6.45) is 3.44. The van der Waals surface area contributed by atoms with Crippen molar-refractivity contribution >= 4 is 11.6 Å². The zero-order valence-corrected chi connectivity index (χ0v) is 18.2. The highest BCUT2D eigenvalue weighted by atomic mass is 16.5. The lowest BCUT2D eigenvalue weighted by molar-refractivity contribution is -0.244. The van der Waals surface area contributed by atoms with E-state index in [1.165, 1.54) is 26.4 Å². The highest BCUT2D eigenvalue weighted by molar-refractivity contribution is 6.02. The second-order valence-electron chi connectivity index (χ2n) is 9.78. The van der Waals surface area contributed by atoms with E-state index in [0.717, 1.165) is 0 Å². The molecule has 0 aromatic rings. The number of carbonyl (C=O) groups excluding carboxylic acids is 2. The van der Waals surface area contributed by atoms with Gasteiger partial charge in [0.25, 0.3) is 0 Å². The number of rotatable bonds is 5. The van der Waals surface area contributed by atoms with Crippen molar-refractivity contribution in [3.05, 3.63) is 12.3 Å². The maximum Gasteiger partial charge on any atom is 0.196 e. The lowest BCUT2D eigenvalue weighted by Gasteiger charge is -2.64. The van der Waals surface area contributed by atoms with Gasteiger partial charge in [-0.2, -0.15) is 0 Å². The Labute approximate surface area is 168 Å². The van der Waals surface area contributed by atoms with Gasteiger partial charge in [-0.3, -0.25) is 9.59 Å². The van der Waals surface area contributed by atoms with E-state index in [2.05, 4.69) is 0 Å². The molecule has 3 N–H and O–H groups in total. The number of ketones is 2. The fourth-order valence-corrected chi connectivity index (χ4v) is 6.71. The molecular formula is C22H36O6. The Morgan fingerprint density at radius 3 is 2.36 bits per heavy atom. The number of ether oxygens (including phenoxy) is 1. The molecule has 0 aromatic heterocycles. The van der Waals surface area contributed by atoms with Crippen LogP contribution in [-0.4, -0.2) is 50.8 Å². The summed E-state index contributed by atoms with van der Waals surface area (Å²) in [4.78, 5) is 26.9. The van der Waals surface area contributed by atoms with Crippen molar-refractivity contribution < 1.29 is 29.6 Å². The maximum atomic E-state index is 13.4. The molecule has 2 aliphatic rings. The summed E-state index contributed by atoms with van der Waals surface area (Å²) in [5.74, 6) is -2.82. The Balaban J connectivity index is 2.79. The summed E-state index contributed by atoms with van der Waals surface area (Å²) in [5.41, 5.74) is -6.35. The SMILES string of the molecule is CCC(C)[C@@H]1[C@](C)(C(=O)/C=C/OC)[C@H]2[C@H](C)C[C@@](C)(O)C[C@]2(O)C(=O)[C@@]1(C)O. The molecule has 2 rings (SSSR count). The van der Waals surface area contributed by atoms with Gasteiger partial charge in [-0.1, -0.05) is 34.1 Å². The number of allylic oxidation sites excluding steroid dienone is 1. The average Bonchev–Trinajstić information content (AvgIpc) is 2.55. The number of hydrogen-bond acceptors (Lipinski definition) is 6. The van der Waals surface area contributed by atoms with Gasteiger partial charge in [0.2, 0.25) is 0 Å². The normalized spacial score (nSPS) is 47.6. The summed E-state index contributed by atoms with van der Waals surface area (Å²) in [6, 6.07) is 0. The van der Waals surface area contributed by atoms with Crippen LogP contribution < -0.4 is 0 Å². The van der Waals surface area contributed by atoms with Crippen molar-refractivity contribution in [3.8, 4) is 0 Å². The van der Waals surface area contributed by atoms with Gasteiger partial charge in [0.1, 0.15) is 11.2 Å². The zero-order valence-electron chi connectivity index (χ0n) is 18.2. The number of hydrogen-bond donors (Lipinski definition) is 3. The largest absolute Gasteiger partial charge is 0.504 e. The molecule has 1 unspecified atom stereocenters. The average molecular weight is 397 g/mol. The molecule has 0 heterocycles. The van der Waals surface area contributed by atoms with Gasteiger partial charge in [0.15, 0.2) is 11.6 Å². The molecule has 6 heteroatoms. The van der Waals surface area contributed by atoms with Gasteiger partial charge in [-0.25, -0.2) is 0 Å². The highest BCUT2D eigenvalue weighted by Crippen LogP contribution is 2.62. The summed E-state index contributed by atoms with van der Waals surface area (Å²) in [6.45, 7) is 10.5. The van der Waals surface area contributed by atoms with Crippen LogP contribution in [0.1, 0.15) is 60.8 Å². The molecule has 6 nitrogen and oxygen atoms in total. The van der Waals surface area contributed by atoms with Crippen LogP contribution in [0.25, 0.3) is 0 Å². The summed E-state index contributed by atoms with van der Waals surface area (Å²) < 4.78 is 4.93. The molecule has 0 aliphatic heterocycles. The van der Waals surface area contributed by atoms with Gasteiger partial charge in [-0.05, 0) is 32.1 Å². The van der Waals surface area contributed by atoms with Gasteiger partial charge in [-0.15, -0.1) is 0 Å². The van der Waals surface area contributed by atoms with Gasteiger partial charge in [0.05, 0.1) is 19.0 Å². The first kappa shape index (κ1) is 23.0. The predicted molar refractivity (Wildman–Crippen MR) is 105 cm³/mol. The van der Waals surface area contributed by atoms with Crippen LogP contribution in [0.3, 0.4) is 0 Å². The van der Waals surface area contributed by atoms with Crippen LogP contribution >= 0.6 is 0 Å². The molecule has 0 radical (unpaired) electrons. The molecule has 8 atom stereocenters. The fraction of sp³-hybridized carbons (Fsp3) is 0.818. The third kappa shape index (κ3) is 3.23. The quantitative estimate of drug-likeness (QED) is 0.486. The number of methoxy groups -OCH3 is 1. The molecule has 160 valence electrons. The molecule has 2 saturated carbocycles. The lowest BCUT2D eigenvalue weighted by Crippen LogP contribution is -2.76. The van der Waals surface area contributed by atoms with Crippen LogP contribution in [0, 0.1) is 29.1 Å². The summed E-state index contributed by atoms with van der Waals surface area (Å²) >= 11 is 0. The topological polar surface area (TPSA) is 104 Å². The number of Topliss-reactive ketones (excluding diaryl/α,β-unsaturated/α-hetero) is 1. The van der Waals surface area contributed by atoms with Crippen LogP contribution in [0.15, 0.2) is 12.3 Å². The Morgan fingerprint density at radius 2 is 1.86 bits per heavy atom. The second kappa shape index (κ2) is 7.22. The van der Waals surface area contributed by atoms with Gasteiger partial charge in [0, 0.05) is 29.7 Å². The lowest BCUT2D eigenvalue weighted by atomic mass is 9.41. The van der Waals surface area contributed by atoms with E-state index in [4.69, 9.17) is 4.74 Å². The van der Waals surface area contributed by atoms with Gasteiger partial charge >= 0.3 is 0 Å². The van der Waals surface area contributed by atoms with Crippen molar-refractivity contribution in [1.82, 2.24) is 0 Å². The van der Waals surface area contributed by atoms with E-state index in [9.17, 15) is 24.9 Å². The molecule has 2 fully saturated rings. The van der Waals surface area contributed by atoms with E-state index in [-0.39, 0.29) is 24.0 Å². The molecule has 2 aliphatic carbocycles. The van der Waals surface area contributed by atoms with Crippen molar-refractivity contribution in [2.24, 2.45) is 29.1 Å². The van der Waals surface area contributed by atoms with E-state index < -0.39 is 39.8 Å². The first-order valence-electron chi connectivity index (χ1n) is 10.2.